The molecule has 0 saturated carbocycles. The number of esters is 1. The Bertz CT molecular complexity index is 1200. The molecule has 0 unspecified atom stereocenters. The van der Waals surface area contributed by atoms with E-state index in [0.29, 0.717) is 23.6 Å². The second kappa shape index (κ2) is 10.6. The molecular weight excluding hydrogens is 454 g/mol. The molecule has 11 nitrogen and oxygen atoms in total. The maximum atomic E-state index is 12.9. The van der Waals surface area contributed by atoms with Crippen LogP contribution in [0.5, 0.6) is 0 Å². The Morgan fingerprint density at radius 1 is 1.23 bits per heavy atom. The number of hydrogen-bond donors (Lipinski definition) is 1. The standard InChI is InChI=1S/C24H27N5O6/c1-15-9-19(35-26-15)11-23(32)29-12-18(30)10-21(29)22(31)8-5-16-3-6-17(7-4-16)20-13-28(27-25-20)14-24(33)34-2/h3-4,6-7,9,13,18,21,30H,5,8,10-12,14H2,1-2H3/t18-,21+/m1/s1. The van der Waals surface area contributed by atoms with Gasteiger partial charge in [0.05, 0.1) is 37.6 Å². The van der Waals surface area contributed by atoms with Crippen molar-refractivity contribution in [1.29, 1.82) is 0 Å². The van der Waals surface area contributed by atoms with Crippen molar-refractivity contribution in [3.8, 4) is 11.3 Å². The average molecular weight is 482 g/mol. The summed E-state index contributed by atoms with van der Waals surface area (Å²) >= 11 is 0. The molecule has 0 bridgehead atoms. The van der Waals surface area contributed by atoms with Crippen LogP contribution in [0.2, 0.25) is 0 Å². The van der Waals surface area contributed by atoms with Gasteiger partial charge in [0.2, 0.25) is 5.91 Å². The molecular formula is C24H27N5O6. The van der Waals surface area contributed by atoms with Gasteiger partial charge in [0, 0.05) is 31.0 Å². The minimum atomic E-state index is -0.726. The number of β-amino-alcohol motifs (C(OH)–C–C–N with tert-alkyl or cyclic N) is 1. The second-order valence-corrected chi connectivity index (χ2v) is 8.60. The van der Waals surface area contributed by atoms with Gasteiger partial charge >= 0.3 is 5.97 Å². The molecule has 1 aliphatic rings. The Morgan fingerprint density at radius 3 is 2.69 bits per heavy atom. The largest absolute Gasteiger partial charge is 0.468 e. The molecule has 3 aromatic rings. The summed E-state index contributed by atoms with van der Waals surface area (Å²) in [7, 11) is 1.31. The van der Waals surface area contributed by atoms with Crippen LogP contribution in [0, 0.1) is 6.92 Å². The molecule has 0 radical (unpaired) electrons. The normalized spacial score (nSPS) is 17.5. The van der Waals surface area contributed by atoms with Crippen molar-refractivity contribution in [2.75, 3.05) is 13.7 Å². The molecule has 1 aromatic carbocycles. The predicted octanol–water partition coefficient (Wildman–Crippen LogP) is 1.12. The zero-order chi connectivity index (χ0) is 24.9. The van der Waals surface area contributed by atoms with Crippen LogP contribution in [0.15, 0.2) is 41.1 Å². The number of carbonyl (C=O) groups is 3. The molecule has 35 heavy (non-hydrogen) atoms. The lowest BCUT2D eigenvalue weighted by Crippen LogP contribution is -2.41. The van der Waals surface area contributed by atoms with E-state index < -0.39 is 18.1 Å². The summed E-state index contributed by atoms with van der Waals surface area (Å²) in [6.07, 6.45) is 1.92. The third-order valence-corrected chi connectivity index (χ3v) is 5.94. The highest BCUT2D eigenvalue weighted by Crippen LogP contribution is 2.23. The van der Waals surface area contributed by atoms with Gasteiger partial charge in [0.25, 0.3) is 0 Å². The number of aliphatic hydroxyl groups is 1. The van der Waals surface area contributed by atoms with Gasteiger partial charge in [0.15, 0.2) is 5.78 Å². The van der Waals surface area contributed by atoms with E-state index in [1.165, 1.54) is 16.7 Å². The lowest BCUT2D eigenvalue weighted by Gasteiger charge is -2.23. The van der Waals surface area contributed by atoms with Crippen LogP contribution >= 0.6 is 0 Å². The molecule has 2 atom stereocenters. The number of methoxy groups -OCH3 is 1. The van der Waals surface area contributed by atoms with E-state index in [4.69, 9.17) is 4.52 Å². The number of carbonyl (C=O) groups excluding carboxylic acids is 3. The lowest BCUT2D eigenvalue weighted by atomic mass is 10.00. The van der Waals surface area contributed by atoms with E-state index >= 15 is 0 Å². The van der Waals surface area contributed by atoms with Gasteiger partial charge in [0.1, 0.15) is 18.0 Å². The summed E-state index contributed by atoms with van der Waals surface area (Å²) < 4.78 is 11.1. The quantitative estimate of drug-likeness (QED) is 0.445. The van der Waals surface area contributed by atoms with Gasteiger partial charge in [-0.2, -0.15) is 0 Å². The summed E-state index contributed by atoms with van der Waals surface area (Å²) in [5, 5.41) is 21.9. The number of benzene rings is 1. The van der Waals surface area contributed by atoms with Gasteiger partial charge in [-0.3, -0.25) is 14.4 Å². The van der Waals surface area contributed by atoms with Gasteiger partial charge in [-0.1, -0.05) is 34.6 Å². The Hall–Kier alpha value is -3.86. The Labute approximate surface area is 201 Å². The van der Waals surface area contributed by atoms with Crippen molar-refractivity contribution in [1.82, 2.24) is 25.1 Å². The van der Waals surface area contributed by atoms with Gasteiger partial charge < -0.3 is 19.3 Å². The maximum absolute atomic E-state index is 12.9. The van der Waals surface area contributed by atoms with Gasteiger partial charge in [-0.05, 0) is 18.9 Å². The SMILES string of the molecule is COC(=O)Cn1cc(-c2ccc(CCC(=O)[C@@H]3C[C@@H](O)CN3C(=O)Cc3cc(C)no3)cc2)nn1. The second-order valence-electron chi connectivity index (χ2n) is 8.60. The van der Waals surface area contributed by atoms with Crippen LogP contribution < -0.4 is 0 Å². The molecule has 2 aromatic heterocycles. The van der Waals surface area contributed by atoms with E-state index in [-0.39, 0.29) is 44.0 Å². The highest BCUT2D eigenvalue weighted by atomic mass is 16.5. The Kier molecular flexibility index (Phi) is 7.35. The van der Waals surface area contributed by atoms with Gasteiger partial charge in [-0.25, -0.2) is 4.68 Å². The smallest absolute Gasteiger partial charge is 0.327 e. The molecule has 0 aliphatic carbocycles. The number of hydrogen-bond acceptors (Lipinski definition) is 9. The van der Waals surface area contributed by atoms with Crippen LogP contribution in [0.25, 0.3) is 11.3 Å². The van der Waals surface area contributed by atoms with E-state index in [1.807, 2.05) is 24.3 Å². The molecule has 11 heteroatoms. The topological polar surface area (TPSA) is 141 Å². The fourth-order valence-electron chi connectivity index (χ4n) is 4.13. The zero-order valence-corrected chi connectivity index (χ0v) is 19.6. The van der Waals surface area contributed by atoms with Crippen molar-refractivity contribution < 1.29 is 28.8 Å². The first kappa shape index (κ1) is 24.3. The molecule has 1 fully saturated rings. The van der Waals surface area contributed by atoms with E-state index in [9.17, 15) is 19.5 Å². The third kappa shape index (κ3) is 5.99. The van der Waals surface area contributed by atoms with E-state index in [0.717, 1.165) is 11.1 Å². The fraction of sp³-hybridized carbons (Fsp3) is 0.417. The molecule has 1 amide bonds. The Balaban J connectivity index is 1.33. The monoisotopic (exact) mass is 481 g/mol. The first-order valence-electron chi connectivity index (χ1n) is 11.3. The minimum absolute atomic E-state index is 0.00303. The van der Waals surface area contributed by atoms with Gasteiger partial charge in [-0.15, -0.1) is 5.10 Å². The van der Waals surface area contributed by atoms with Crippen molar-refractivity contribution in [2.24, 2.45) is 0 Å². The predicted molar refractivity (Wildman–Crippen MR) is 122 cm³/mol. The molecule has 1 N–H and O–H groups in total. The van der Waals surface area contributed by atoms with E-state index in [2.05, 4.69) is 20.2 Å². The molecule has 4 rings (SSSR count). The third-order valence-electron chi connectivity index (χ3n) is 5.94. The first-order valence-corrected chi connectivity index (χ1v) is 11.3. The van der Waals surface area contributed by atoms with Crippen LogP contribution in [0.1, 0.15) is 29.9 Å². The lowest BCUT2D eigenvalue weighted by molar-refractivity contribution is -0.141. The summed E-state index contributed by atoms with van der Waals surface area (Å²) in [4.78, 5) is 38.5. The highest BCUT2D eigenvalue weighted by Gasteiger charge is 2.38. The van der Waals surface area contributed by atoms with Crippen LogP contribution in [-0.2, 0) is 38.5 Å². The minimum Gasteiger partial charge on any atom is -0.468 e. The molecule has 3 heterocycles. The summed E-state index contributed by atoms with van der Waals surface area (Å²) in [6, 6.07) is 8.60. The van der Waals surface area contributed by atoms with Crippen molar-refractivity contribution >= 4 is 17.7 Å². The van der Waals surface area contributed by atoms with E-state index in [1.54, 1.807) is 19.2 Å². The van der Waals surface area contributed by atoms with Crippen molar-refractivity contribution in [3.63, 3.8) is 0 Å². The average Bonchev–Trinajstić information content (AvgIpc) is 3.58. The highest BCUT2D eigenvalue weighted by molar-refractivity contribution is 5.90. The fourth-order valence-corrected chi connectivity index (χ4v) is 4.13. The number of aliphatic hydroxyl groups excluding tert-OH is 1. The Morgan fingerprint density at radius 2 is 2.00 bits per heavy atom. The van der Waals surface area contributed by atoms with Crippen molar-refractivity contribution in [2.45, 2.75) is 51.3 Å². The summed E-state index contributed by atoms with van der Waals surface area (Å²) in [5.41, 5.74) is 3.08. The van der Waals surface area contributed by atoms with Crippen LogP contribution in [0.3, 0.4) is 0 Å². The summed E-state index contributed by atoms with van der Waals surface area (Å²) in [6.45, 7) is 1.88. The first-order chi connectivity index (χ1) is 16.8. The van der Waals surface area contributed by atoms with Crippen LogP contribution in [-0.4, -0.2) is 73.6 Å². The number of rotatable bonds is 9. The molecule has 0 spiro atoms. The van der Waals surface area contributed by atoms with Crippen molar-refractivity contribution in [3.05, 3.63) is 53.5 Å². The molecule has 184 valence electrons. The summed E-state index contributed by atoms with van der Waals surface area (Å²) in [5.74, 6) is -0.325. The number of aromatic nitrogens is 4. The number of amides is 1. The number of ether oxygens (including phenoxy) is 1. The number of aryl methyl sites for hydroxylation is 2. The molecule has 1 saturated heterocycles. The molecule has 1 aliphatic heterocycles. The maximum Gasteiger partial charge on any atom is 0.327 e. The van der Waals surface area contributed by atoms with Crippen LogP contribution in [0.4, 0.5) is 0 Å². The zero-order valence-electron chi connectivity index (χ0n) is 19.6. The number of likely N-dealkylation sites (tertiary alicyclic amines) is 1. The number of nitrogens with zero attached hydrogens (tertiary/aromatic N) is 5. The number of ketones is 1. The number of Topliss-reactive ketones (excluding diaryl/α,β-unsaturated/α-hetero) is 1.